The molecule has 0 aliphatic carbocycles. The summed E-state index contributed by atoms with van der Waals surface area (Å²) in [5, 5.41) is 9.44. The molecule has 0 amide bonds. The van der Waals surface area contributed by atoms with Crippen molar-refractivity contribution in [2.75, 3.05) is 30.0 Å². The second kappa shape index (κ2) is 6.13. The van der Waals surface area contributed by atoms with Gasteiger partial charge in [0.05, 0.1) is 25.2 Å². The van der Waals surface area contributed by atoms with Crippen molar-refractivity contribution >= 4 is 11.6 Å². The molecule has 0 radical (unpaired) electrons. The van der Waals surface area contributed by atoms with Gasteiger partial charge >= 0.3 is 0 Å². The normalized spacial score (nSPS) is 18.2. The van der Waals surface area contributed by atoms with Crippen molar-refractivity contribution in [3.8, 4) is 0 Å². The third kappa shape index (κ3) is 3.00. The minimum absolute atomic E-state index is 0.171. The van der Waals surface area contributed by atoms with Crippen molar-refractivity contribution in [1.82, 2.24) is 9.97 Å². The molecular formula is C15H20N4O2. The van der Waals surface area contributed by atoms with E-state index in [4.69, 9.17) is 4.42 Å². The van der Waals surface area contributed by atoms with E-state index in [1.54, 1.807) is 18.9 Å². The molecule has 1 saturated heterocycles. The number of aromatic nitrogens is 2. The van der Waals surface area contributed by atoms with Crippen LogP contribution in [0.15, 0.2) is 35.4 Å². The number of aliphatic hydroxyl groups excluding tert-OH is 1. The number of nitrogens with zero attached hydrogens (tertiary/aromatic N) is 4. The molecule has 3 heterocycles. The van der Waals surface area contributed by atoms with Crippen molar-refractivity contribution in [3.63, 3.8) is 0 Å². The summed E-state index contributed by atoms with van der Waals surface area (Å²) in [7, 11) is 1.99. The zero-order valence-electron chi connectivity index (χ0n) is 12.1. The van der Waals surface area contributed by atoms with E-state index in [9.17, 15) is 5.11 Å². The molecule has 0 aromatic carbocycles. The van der Waals surface area contributed by atoms with Gasteiger partial charge in [-0.1, -0.05) is 0 Å². The molecule has 6 heteroatoms. The maximum atomic E-state index is 9.44. The molecule has 1 aliphatic heterocycles. The van der Waals surface area contributed by atoms with Crippen molar-refractivity contribution in [2.24, 2.45) is 0 Å². The summed E-state index contributed by atoms with van der Waals surface area (Å²) in [6.07, 6.45) is 7.10. The molecule has 0 unspecified atom stereocenters. The Morgan fingerprint density at radius 3 is 3.14 bits per heavy atom. The van der Waals surface area contributed by atoms with Crippen molar-refractivity contribution in [2.45, 2.75) is 25.4 Å². The van der Waals surface area contributed by atoms with Crippen LogP contribution < -0.4 is 9.80 Å². The van der Waals surface area contributed by atoms with Gasteiger partial charge in [-0.05, 0) is 18.9 Å². The summed E-state index contributed by atoms with van der Waals surface area (Å²) >= 11 is 0. The van der Waals surface area contributed by atoms with Gasteiger partial charge in [-0.15, -0.1) is 0 Å². The molecule has 112 valence electrons. The van der Waals surface area contributed by atoms with Gasteiger partial charge in [-0.25, -0.2) is 9.97 Å². The van der Waals surface area contributed by atoms with Gasteiger partial charge in [0.2, 0.25) is 0 Å². The summed E-state index contributed by atoms with van der Waals surface area (Å²) < 4.78 is 5.09. The van der Waals surface area contributed by atoms with Gasteiger partial charge in [-0.2, -0.15) is 0 Å². The Morgan fingerprint density at radius 2 is 2.38 bits per heavy atom. The number of hydrogen-bond donors (Lipinski definition) is 1. The van der Waals surface area contributed by atoms with E-state index in [1.807, 2.05) is 19.2 Å². The van der Waals surface area contributed by atoms with E-state index in [2.05, 4.69) is 19.8 Å². The molecule has 1 N–H and O–H groups in total. The topological polar surface area (TPSA) is 65.6 Å². The highest BCUT2D eigenvalue weighted by Crippen LogP contribution is 2.25. The summed E-state index contributed by atoms with van der Waals surface area (Å²) in [5.74, 6) is 1.75. The fourth-order valence-electron chi connectivity index (χ4n) is 2.77. The number of furan rings is 1. The summed E-state index contributed by atoms with van der Waals surface area (Å²) in [6.45, 7) is 1.84. The van der Waals surface area contributed by atoms with Gasteiger partial charge in [0.15, 0.2) is 0 Å². The van der Waals surface area contributed by atoms with Crippen LogP contribution in [0.5, 0.6) is 0 Å². The minimum Gasteiger partial charge on any atom is -0.472 e. The molecule has 2 aromatic rings. The van der Waals surface area contributed by atoms with E-state index >= 15 is 0 Å². The smallest absolute Gasteiger partial charge is 0.134 e. The standard InChI is InChI=1S/C15H20N4O2/c1-18(8-12-4-6-21-10-12)14-7-15(17-11-16-14)19-5-2-3-13(19)9-20/h4,6-7,10-11,13,20H,2-3,5,8-9H2,1H3/t13-/m1/s1. The molecule has 21 heavy (non-hydrogen) atoms. The number of hydrogen-bond acceptors (Lipinski definition) is 6. The maximum Gasteiger partial charge on any atom is 0.134 e. The lowest BCUT2D eigenvalue weighted by molar-refractivity contribution is 0.266. The van der Waals surface area contributed by atoms with Gasteiger partial charge in [0, 0.05) is 31.8 Å². The monoisotopic (exact) mass is 288 g/mol. The Hall–Kier alpha value is -2.08. The SMILES string of the molecule is CN(Cc1ccoc1)c1cc(N2CCC[C@@H]2CO)ncn1. The van der Waals surface area contributed by atoms with E-state index in [0.717, 1.165) is 43.1 Å². The van der Waals surface area contributed by atoms with Gasteiger partial charge in [0.1, 0.15) is 18.0 Å². The third-order valence-electron chi connectivity index (χ3n) is 3.91. The van der Waals surface area contributed by atoms with E-state index in [-0.39, 0.29) is 12.6 Å². The lowest BCUT2D eigenvalue weighted by Crippen LogP contribution is -2.33. The first-order valence-corrected chi connectivity index (χ1v) is 7.19. The largest absolute Gasteiger partial charge is 0.472 e. The molecule has 1 fully saturated rings. The van der Waals surface area contributed by atoms with Crippen LogP contribution in [-0.2, 0) is 6.54 Å². The van der Waals surface area contributed by atoms with Crippen LogP contribution in [0.4, 0.5) is 11.6 Å². The Morgan fingerprint density at radius 1 is 1.48 bits per heavy atom. The first kappa shape index (κ1) is 13.9. The van der Waals surface area contributed by atoms with Crippen LogP contribution in [-0.4, -0.2) is 41.3 Å². The maximum absolute atomic E-state index is 9.44. The molecule has 0 bridgehead atoms. The minimum atomic E-state index is 0.171. The first-order chi connectivity index (χ1) is 10.3. The predicted octanol–water partition coefficient (Wildman–Crippen LogP) is 1.67. The zero-order valence-corrected chi connectivity index (χ0v) is 12.1. The highest BCUT2D eigenvalue weighted by molar-refractivity contribution is 5.51. The van der Waals surface area contributed by atoms with Crippen molar-refractivity contribution in [3.05, 3.63) is 36.5 Å². The molecule has 1 atom stereocenters. The fourth-order valence-corrected chi connectivity index (χ4v) is 2.77. The first-order valence-electron chi connectivity index (χ1n) is 7.19. The highest BCUT2D eigenvalue weighted by Gasteiger charge is 2.25. The summed E-state index contributed by atoms with van der Waals surface area (Å²) in [4.78, 5) is 12.9. The third-order valence-corrected chi connectivity index (χ3v) is 3.91. The van der Waals surface area contributed by atoms with Crippen LogP contribution in [0.3, 0.4) is 0 Å². The van der Waals surface area contributed by atoms with Crippen LogP contribution >= 0.6 is 0 Å². The highest BCUT2D eigenvalue weighted by atomic mass is 16.3. The molecule has 0 spiro atoms. The van der Waals surface area contributed by atoms with Gasteiger partial charge in [0.25, 0.3) is 0 Å². The molecule has 0 saturated carbocycles. The van der Waals surface area contributed by atoms with Crippen molar-refractivity contribution < 1.29 is 9.52 Å². The lowest BCUT2D eigenvalue weighted by atomic mass is 10.2. The Bertz CT molecular complexity index is 573. The molecule has 3 rings (SSSR count). The average molecular weight is 288 g/mol. The Balaban J connectivity index is 1.76. The van der Waals surface area contributed by atoms with Gasteiger partial charge in [-0.3, -0.25) is 0 Å². The molecule has 6 nitrogen and oxygen atoms in total. The quantitative estimate of drug-likeness (QED) is 0.903. The van der Waals surface area contributed by atoms with Crippen molar-refractivity contribution in [1.29, 1.82) is 0 Å². The van der Waals surface area contributed by atoms with E-state index in [0.29, 0.717) is 0 Å². The molecule has 2 aromatic heterocycles. The second-order valence-corrected chi connectivity index (χ2v) is 5.39. The molecule has 1 aliphatic rings. The zero-order chi connectivity index (χ0) is 14.7. The summed E-state index contributed by atoms with van der Waals surface area (Å²) in [6, 6.07) is 4.10. The number of aliphatic hydroxyl groups is 1. The number of anilines is 2. The van der Waals surface area contributed by atoms with E-state index in [1.165, 1.54) is 0 Å². The lowest BCUT2D eigenvalue weighted by Gasteiger charge is -2.25. The molecular weight excluding hydrogens is 268 g/mol. The van der Waals surface area contributed by atoms with Crippen LogP contribution in [0, 0.1) is 0 Å². The Kier molecular flexibility index (Phi) is 4.06. The summed E-state index contributed by atoms with van der Waals surface area (Å²) in [5.41, 5.74) is 1.10. The van der Waals surface area contributed by atoms with Gasteiger partial charge < -0.3 is 19.3 Å². The second-order valence-electron chi connectivity index (χ2n) is 5.39. The average Bonchev–Trinajstić information content (AvgIpc) is 3.18. The Labute approximate surface area is 124 Å². The van der Waals surface area contributed by atoms with Crippen LogP contribution in [0.1, 0.15) is 18.4 Å². The predicted molar refractivity (Wildman–Crippen MR) is 80.3 cm³/mol. The van der Waals surface area contributed by atoms with E-state index < -0.39 is 0 Å². The van der Waals surface area contributed by atoms with Crippen LogP contribution in [0.2, 0.25) is 0 Å². The number of rotatable bonds is 5. The fraction of sp³-hybridized carbons (Fsp3) is 0.467. The van der Waals surface area contributed by atoms with Crippen LogP contribution in [0.25, 0.3) is 0 Å².